The Hall–Kier alpha value is -2.54. The van der Waals surface area contributed by atoms with Gasteiger partial charge in [-0.1, -0.05) is 67.1 Å². The van der Waals surface area contributed by atoms with Crippen molar-refractivity contribution in [1.82, 2.24) is 4.90 Å². The molecule has 2 N–H and O–H groups in total. The maximum atomic E-state index is 12.6. The minimum atomic E-state index is -0.433. The van der Waals surface area contributed by atoms with Crippen molar-refractivity contribution < 1.29 is 47.0 Å². The first-order chi connectivity index (χ1) is 17.6. The zero-order valence-corrected chi connectivity index (χ0v) is 24.0. The molecule has 6 nitrogen and oxygen atoms in total. The number of hydrogen-bond acceptors (Lipinski definition) is 4. The fraction of sp³-hybridized carbons (Fsp3) is 0.300. The van der Waals surface area contributed by atoms with Gasteiger partial charge in [0.15, 0.2) is 0 Å². The number of aryl methyl sites for hydroxylation is 1. The van der Waals surface area contributed by atoms with E-state index in [1.54, 1.807) is 0 Å². The number of benzene rings is 3. The molecule has 3 aromatic carbocycles. The largest absolute Gasteiger partial charge is 0.446 e. The molecule has 37 heavy (non-hydrogen) atoms. The van der Waals surface area contributed by atoms with E-state index in [4.69, 9.17) is 4.74 Å². The van der Waals surface area contributed by atoms with Crippen LogP contribution in [0.25, 0.3) is 11.1 Å². The fourth-order valence-electron chi connectivity index (χ4n) is 4.49. The van der Waals surface area contributed by atoms with E-state index in [-0.39, 0.29) is 44.7 Å². The van der Waals surface area contributed by atoms with Crippen LogP contribution >= 0.6 is 0 Å². The summed E-state index contributed by atoms with van der Waals surface area (Å²) in [4.78, 5) is 27.3. The van der Waals surface area contributed by atoms with Crippen molar-refractivity contribution in [3.63, 3.8) is 0 Å². The predicted molar refractivity (Wildman–Crippen MR) is 145 cm³/mol. The van der Waals surface area contributed by atoms with Gasteiger partial charge in [-0.25, -0.2) is 4.79 Å². The Balaban J connectivity index is 0.00000380. The number of nitrogens with zero attached hydrogens (tertiary/aromatic N) is 1. The summed E-state index contributed by atoms with van der Waals surface area (Å²) < 4.78 is 5.71. The number of carbonyl (C=O) groups is 2. The van der Waals surface area contributed by atoms with E-state index < -0.39 is 6.09 Å². The summed E-state index contributed by atoms with van der Waals surface area (Å²) in [5.41, 5.74) is 4.73. The van der Waals surface area contributed by atoms with Gasteiger partial charge in [-0.05, 0) is 42.2 Å². The Kier molecular flexibility index (Phi) is 11.8. The second kappa shape index (κ2) is 15.0. The molecule has 1 fully saturated rings. The first kappa shape index (κ1) is 29.0. The van der Waals surface area contributed by atoms with Gasteiger partial charge in [0.1, 0.15) is 6.10 Å². The number of rotatable bonds is 9. The Labute approximate surface area is 245 Å². The second-order valence-electron chi connectivity index (χ2n) is 9.09. The molecule has 0 bridgehead atoms. The number of para-hydroxylation sites is 1. The van der Waals surface area contributed by atoms with Gasteiger partial charge in [0.05, 0.1) is 5.69 Å². The normalized spacial score (nSPS) is 13.9. The van der Waals surface area contributed by atoms with E-state index >= 15 is 0 Å². The third-order valence-electron chi connectivity index (χ3n) is 6.39. The molecule has 7 heteroatoms. The van der Waals surface area contributed by atoms with E-state index in [9.17, 15) is 9.59 Å². The second-order valence-corrected chi connectivity index (χ2v) is 9.09. The average Bonchev–Trinajstić information content (AvgIpc) is 2.89. The fourth-order valence-corrected chi connectivity index (χ4v) is 4.49. The van der Waals surface area contributed by atoms with Crippen LogP contribution in [0.1, 0.15) is 31.2 Å². The number of likely N-dealkylation sites (tertiary alicyclic amines) is 1. The first-order valence-corrected chi connectivity index (χ1v) is 12.6. The smallest absolute Gasteiger partial charge is 0.411 e. The number of carbonyl (C=O) groups excluding carboxylic acids is 2. The Morgan fingerprint density at radius 3 is 2.41 bits per heavy atom. The predicted octanol–water partition coefficient (Wildman–Crippen LogP) is 6.16. The molecule has 1 aliphatic rings. The number of ether oxygens (including phenoxy) is 1. The molecule has 0 spiro atoms. The van der Waals surface area contributed by atoms with E-state index in [0.717, 1.165) is 61.3 Å². The third-order valence-corrected chi connectivity index (χ3v) is 6.39. The van der Waals surface area contributed by atoms with Crippen molar-refractivity contribution in [1.29, 1.82) is 0 Å². The van der Waals surface area contributed by atoms with Crippen LogP contribution in [0, 0.1) is 6.92 Å². The Morgan fingerprint density at radius 1 is 0.919 bits per heavy atom. The Morgan fingerprint density at radius 2 is 1.65 bits per heavy atom. The van der Waals surface area contributed by atoms with Crippen molar-refractivity contribution in [2.75, 3.05) is 30.3 Å². The van der Waals surface area contributed by atoms with E-state index in [1.807, 2.05) is 72.8 Å². The van der Waals surface area contributed by atoms with Gasteiger partial charge in [-0.2, -0.15) is 6.42 Å². The van der Waals surface area contributed by atoms with Gasteiger partial charge in [-0.15, -0.1) is 0 Å². The molecule has 0 aromatic heterocycles. The number of piperidine rings is 1. The number of amides is 2. The molecule has 0 atom stereocenters. The maximum absolute atomic E-state index is 12.6. The molecule has 3 aromatic rings. The molecule has 191 valence electrons. The summed E-state index contributed by atoms with van der Waals surface area (Å²) in [5.74, 6) is 0.0107. The van der Waals surface area contributed by atoms with Gasteiger partial charge in [0.2, 0.25) is 5.91 Å². The molecule has 1 radical (unpaired) electrons. The summed E-state index contributed by atoms with van der Waals surface area (Å²) >= 11 is 0. The van der Waals surface area contributed by atoms with Crippen molar-refractivity contribution in [3.05, 3.63) is 91.3 Å². The minimum Gasteiger partial charge on any atom is -0.446 e. The van der Waals surface area contributed by atoms with Gasteiger partial charge in [-0.3, -0.25) is 10.1 Å². The van der Waals surface area contributed by atoms with Crippen LogP contribution in [-0.2, 0) is 48.7 Å². The molecule has 1 heterocycles. The molecule has 0 unspecified atom stereocenters. The zero-order valence-electron chi connectivity index (χ0n) is 21.2. The van der Waals surface area contributed by atoms with E-state index in [1.165, 1.54) is 5.56 Å². The zero-order chi connectivity index (χ0) is 25.2. The molecule has 1 saturated heterocycles. The van der Waals surface area contributed by atoms with Crippen LogP contribution in [0.4, 0.5) is 16.2 Å². The Bertz CT molecular complexity index is 1150. The molecule has 1 aliphatic heterocycles. The van der Waals surface area contributed by atoms with Crippen LogP contribution in [0.2, 0.25) is 0 Å². The standard InChI is InChI=1S/C30H34N3O3.Y/c1-2-9-23-10-8-13-25(22-23)31-29(34)18-21-33-19-16-26(17-20-33)36-30(35)32-28-15-7-6-14-27(28)24-11-4-3-5-12-24;/h3-8,10-15,22,26H,1-2,9,16-21H2,(H,31,34)(H,32,35);/q-1;. The topological polar surface area (TPSA) is 70.7 Å². The molecule has 0 aliphatic carbocycles. The molecule has 0 saturated carbocycles. The third kappa shape index (κ3) is 9.06. The van der Waals surface area contributed by atoms with E-state index in [0.29, 0.717) is 13.0 Å². The summed E-state index contributed by atoms with van der Waals surface area (Å²) in [6.07, 6.45) is 3.11. The number of anilines is 2. The maximum Gasteiger partial charge on any atom is 0.411 e. The average molecular weight is 574 g/mol. The van der Waals surface area contributed by atoms with Crippen LogP contribution < -0.4 is 10.6 Å². The quantitative estimate of drug-likeness (QED) is 0.301. The molecular weight excluding hydrogens is 539 g/mol. The molecule has 4 rings (SSSR count). The van der Waals surface area contributed by atoms with Crippen molar-refractivity contribution in [2.45, 2.75) is 38.2 Å². The SMILES string of the molecule is [CH2-]CCc1cccc(NC(=O)CCN2CCC(OC(=O)Nc3ccccc3-c3ccccc3)CC2)c1.[Y]. The number of hydrogen-bond donors (Lipinski definition) is 2. The van der Waals surface area contributed by atoms with Crippen LogP contribution in [0.3, 0.4) is 0 Å². The molecular formula is C30H34N3O3Y-. The summed E-state index contributed by atoms with van der Waals surface area (Å²) in [7, 11) is 0. The van der Waals surface area contributed by atoms with Gasteiger partial charge in [0.25, 0.3) is 0 Å². The van der Waals surface area contributed by atoms with Crippen molar-refractivity contribution in [3.8, 4) is 11.1 Å². The van der Waals surface area contributed by atoms with Crippen LogP contribution in [-0.4, -0.2) is 42.6 Å². The minimum absolute atomic E-state index is 0. The monoisotopic (exact) mass is 573 g/mol. The van der Waals surface area contributed by atoms with Gasteiger partial charge < -0.3 is 21.9 Å². The first-order valence-electron chi connectivity index (χ1n) is 12.6. The van der Waals surface area contributed by atoms with Crippen molar-refractivity contribution >= 4 is 23.4 Å². The van der Waals surface area contributed by atoms with E-state index in [2.05, 4.69) is 28.5 Å². The van der Waals surface area contributed by atoms with Crippen LogP contribution in [0.15, 0.2) is 78.9 Å². The molecule has 2 amide bonds. The van der Waals surface area contributed by atoms with Crippen molar-refractivity contribution in [2.24, 2.45) is 0 Å². The van der Waals surface area contributed by atoms with Gasteiger partial charge in [0, 0.05) is 70.0 Å². The summed E-state index contributed by atoms with van der Waals surface area (Å²) in [5, 5.41) is 5.90. The van der Waals surface area contributed by atoms with Crippen LogP contribution in [0.5, 0.6) is 0 Å². The van der Waals surface area contributed by atoms with Gasteiger partial charge >= 0.3 is 6.09 Å². The summed E-state index contributed by atoms with van der Waals surface area (Å²) in [6, 6.07) is 25.6. The number of nitrogens with one attached hydrogen (secondary N) is 2. The summed E-state index contributed by atoms with van der Waals surface area (Å²) in [6.45, 7) is 6.16.